The van der Waals surface area contributed by atoms with E-state index in [1.165, 1.54) is 7.11 Å². The predicted molar refractivity (Wildman–Crippen MR) is 169 cm³/mol. The largest absolute Gasteiger partial charge is 0.493 e. The van der Waals surface area contributed by atoms with Gasteiger partial charge in [-0.25, -0.2) is 14.8 Å². The molecule has 1 aromatic heterocycles. The third kappa shape index (κ3) is 6.77. The highest BCUT2D eigenvalue weighted by atomic mass is 16.5. The number of rotatable bonds is 6. The van der Waals surface area contributed by atoms with Crippen molar-refractivity contribution < 1.29 is 14.3 Å². The van der Waals surface area contributed by atoms with Crippen molar-refractivity contribution in [2.24, 2.45) is 0 Å². The van der Waals surface area contributed by atoms with Crippen LogP contribution in [0.25, 0.3) is 21.9 Å². The average Bonchev–Trinajstić information content (AvgIpc) is 2.96. The zero-order chi connectivity index (χ0) is 30.7. The molecule has 1 fully saturated rings. The Hall–Kier alpha value is -4.52. The highest BCUT2D eigenvalue weighted by molar-refractivity contribution is 6.10. The van der Waals surface area contributed by atoms with Crippen LogP contribution in [-0.4, -0.2) is 53.3 Å². The van der Waals surface area contributed by atoms with E-state index in [1.54, 1.807) is 6.07 Å². The lowest BCUT2D eigenvalue weighted by Crippen LogP contribution is -2.45. The number of morpholine rings is 1. The second-order valence-corrected chi connectivity index (χ2v) is 12.1. The van der Waals surface area contributed by atoms with Crippen LogP contribution in [0.2, 0.25) is 0 Å². The Bertz CT molecular complexity index is 1660. The molecule has 3 aromatic carbocycles. The molecule has 222 valence electrons. The lowest BCUT2D eigenvalue weighted by atomic mass is 9.85. The van der Waals surface area contributed by atoms with Crippen LogP contribution in [0.3, 0.4) is 0 Å². The molecule has 2 N–H and O–H groups in total. The van der Waals surface area contributed by atoms with Gasteiger partial charge in [0.1, 0.15) is 11.9 Å². The molecule has 2 amide bonds. The number of nitrogens with one attached hydrogen (secondary N) is 2. The first-order chi connectivity index (χ1) is 20.5. The number of urea groups is 1. The molecular weight excluding hydrogens is 540 g/mol. The normalized spacial score (nSPS) is 17.3. The molecule has 9 heteroatoms. The summed E-state index contributed by atoms with van der Waals surface area (Å²) in [6, 6.07) is 17.1. The van der Waals surface area contributed by atoms with Gasteiger partial charge >= 0.3 is 6.03 Å². The first-order valence-electron chi connectivity index (χ1n) is 14.5. The zero-order valence-electron chi connectivity index (χ0n) is 25.6. The van der Waals surface area contributed by atoms with E-state index in [2.05, 4.69) is 66.2 Å². The minimum Gasteiger partial charge on any atom is -0.493 e. The van der Waals surface area contributed by atoms with Crippen molar-refractivity contribution in [3.63, 3.8) is 0 Å². The van der Waals surface area contributed by atoms with Crippen molar-refractivity contribution in [1.82, 2.24) is 14.9 Å². The number of anilines is 2. The molecule has 0 spiro atoms. The van der Waals surface area contributed by atoms with E-state index in [0.717, 1.165) is 46.4 Å². The van der Waals surface area contributed by atoms with Crippen molar-refractivity contribution in [3.8, 4) is 22.9 Å². The van der Waals surface area contributed by atoms with Crippen molar-refractivity contribution in [1.29, 1.82) is 5.26 Å². The van der Waals surface area contributed by atoms with Crippen LogP contribution in [0.1, 0.15) is 51.6 Å². The van der Waals surface area contributed by atoms with Crippen LogP contribution in [0.4, 0.5) is 16.2 Å². The lowest BCUT2D eigenvalue weighted by molar-refractivity contribution is -0.0710. The Balaban J connectivity index is 1.38. The van der Waals surface area contributed by atoms with Crippen molar-refractivity contribution in [3.05, 3.63) is 77.9 Å². The maximum Gasteiger partial charge on any atom is 0.323 e. The number of aromatic nitrogens is 2. The fourth-order valence-corrected chi connectivity index (χ4v) is 5.58. The zero-order valence-corrected chi connectivity index (χ0v) is 25.6. The summed E-state index contributed by atoms with van der Waals surface area (Å²) in [7, 11) is 1.49. The maximum absolute atomic E-state index is 13.3. The number of carbonyl (C=O) groups excluding carboxylic acids is 1. The van der Waals surface area contributed by atoms with Crippen molar-refractivity contribution in [2.45, 2.75) is 58.8 Å². The van der Waals surface area contributed by atoms with E-state index in [1.807, 2.05) is 54.9 Å². The Labute approximate surface area is 252 Å². The molecule has 0 saturated carbocycles. The number of hydrogen-bond donors (Lipinski definition) is 2. The van der Waals surface area contributed by atoms with Gasteiger partial charge in [0.25, 0.3) is 0 Å². The molecular formula is C34H38N6O3. The SMILES string of the molecule is COc1c(C#N)cc(C(C)(C)C)cc1NC(=O)Nc1ccc(-c2cnc(CN3CC(C)OC(C)C3)nc2)c2ccccc12. The van der Waals surface area contributed by atoms with E-state index in [-0.39, 0.29) is 17.6 Å². The molecule has 0 radical (unpaired) electrons. The van der Waals surface area contributed by atoms with Gasteiger partial charge in [-0.15, -0.1) is 0 Å². The monoisotopic (exact) mass is 578 g/mol. The summed E-state index contributed by atoms with van der Waals surface area (Å²) >= 11 is 0. The molecule has 2 unspecified atom stereocenters. The van der Waals surface area contributed by atoms with Gasteiger partial charge in [0.05, 0.1) is 42.8 Å². The number of nitrogens with zero attached hydrogens (tertiary/aromatic N) is 4. The van der Waals surface area contributed by atoms with Gasteiger partial charge in [-0.05, 0) is 54.0 Å². The van der Waals surface area contributed by atoms with Crippen LogP contribution in [0, 0.1) is 11.3 Å². The van der Waals surface area contributed by atoms with E-state index in [0.29, 0.717) is 29.2 Å². The van der Waals surface area contributed by atoms with Gasteiger partial charge in [-0.1, -0.05) is 51.1 Å². The summed E-state index contributed by atoms with van der Waals surface area (Å²) in [6.45, 7) is 12.7. The van der Waals surface area contributed by atoms with E-state index in [9.17, 15) is 10.1 Å². The Morgan fingerprint density at radius 3 is 2.30 bits per heavy atom. The molecule has 0 aliphatic carbocycles. The molecule has 4 aromatic rings. The minimum absolute atomic E-state index is 0.189. The third-order valence-corrected chi connectivity index (χ3v) is 7.58. The smallest absolute Gasteiger partial charge is 0.323 e. The molecule has 1 aliphatic rings. The highest BCUT2D eigenvalue weighted by Crippen LogP contribution is 2.36. The van der Waals surface area contributed by atoms with Crippen LogP contribution >= 0.6 is 0 Å². The molecule has 0 bridgehead atoms. The summed E-state index contributed by atoms with van der Waals surface area (Å²) in [5.74, 6) is 1.10. The number of hydrogen-bond acceptors (Lipinski definition) is 7. The summed E-state index contributed by atoms with van der Waals surface area (Å²) in [6.07, 6.45) is 4.10. The van der Waals surface area contributed by atoms with Crippen molar-refractivity contribution >= 4 is 28.2 Å². The number of carbonyl (C=O) groups is 1. The van der Waals surface area contributed by atoms with Gasteiger partial charge < -0.3 is 20.1 Å². The molecule has 1 saturated heterocycles. The summed E-state index contributed by atoms with van der Waals surface area (Å²) in [5, 5.41) is 17.4. The fourth-order valence-electron chi connectivity index (χ4n) is 5.58. The fraction of sp³-hybridized carbons (Fsp3) is 0.353. The number of benzene rings is 3. The molecule has 2 atom stereocenters. The Morgan fingerprint density at radius 2 is 1.67 bits per heavy atom. The van der Waals surface area contributed by atoms with E-state index in [4.69, 9.17) is 9.47 Å². The Kier molecular flexibility index (Phi) is 8.62. The van der Waals surface area contributed by atoms with Crippen molar-refractivity contribution in [2.75, 3.05) is 30.8 Å². The van der Waals surface area contributed by atoms with Gasteiger partial charge in [0.2, 0.25) is 0 Å². The number of ether oxygens (including phenoxy) is 2. The highest BCUT2D eigenvalue weighted by Gasteiger charge is 2.23. The predicted octanol–water partition coefficient (Wildman–Crippen LogP) is 6.73. The number of nitriles is 1. The molecule has 1 aliphatic heterocycles. The van der Waals surface area contributed by atoms with Crippen LogP contribution in [0.15, 0.2) is 60.9 Å². The standard InChI is InChI=1S/C34H38N6O3/c1-21-18-40(19-22(2)43-21)20-31-36-16-24(17-37-31)26-11-12-29(28-10-8-7-9-27(26)28)38-33(41)39-30-14-25(34(3,4)5)13-23(15-35)32(30)42-6/h7-14,16-17,21-22H,18-20H2,1-6H3,(H2,38,39,41). The summed E-state index contributed by atoms with van der Waals surface area (Å²) < 4.78 is 11.3. The summed E-state index contributed by atoms with van der Waals surface area (Å²) in [5.41, 5.74) is 4.00. The number of fused-ring (bicyclic) bond motifs is 1. The topological polar surface area (TPSA) is 112 Å². The van der Waals surface area contributed by atoms with Gasteiger partial charge in [-0.3, -0.25) is 4.90 Å². The molecule has 43 heavy (non-hydrogen) atoms. The molecule has 2 heterocycles. The third-order valence-electron chi connectivity index (χ3n) is 7.58. The van der Waals surface area contributed by atoms with E-state index < -0.39 is 6.03 Å². The number of amides is 2. The molecule has 5 rings (SSSR count). The van der Waals surface area contributed by atoms with Crippen LogP contribution in [-0.2, 0) is 16.7 Å². The first kappa shape index (κ1) is 30.0. The van der Waals surface area contributed by atoms with Gasteiger partial charge in [-0.2, -0.15) is 5.26 Å². The van der Waals surface area contributed by atoms with E-state index >= 15 is 0 Å². The minimum atomic E-state index is -0.439. The van der Waals surface area contributed by atoms with Gasteiger partial charge in [0, 0.05) is 36.4 Å². The van der Waals surface area contributed by atoms with Crippen LogP contribution in [0.5, 0.6) is 5.75 Å². The molecule has 9 nitrogen and oxygen atoms in total. The summed E-state index contributed by atoms with van der Waals surface area (Å²) in [4.78, 5) is 24.9. The maximum atomic E-state index is 13.3. The van der Waals surface area contributed by atoms with Gasteiger partial charge in [0.15, 0.2) is 5.75 Å². The number of methoxy groups -OCH3 is 1. The second-order valence-electron chi connectivity index (χ2n) is 12.1. The Morgan fingerprint density at radius 1 is 1.02 bits per heavy atom. The lowest BCUT2D eigenvalue weighted by Gasteiger charge is -2.34. The first-order valence-corrected chi connectivity index (χ1v) is 14.5. The quantitative estimate of drug-likeness (QED) is 0.261. The second kappa shape index (κ2) is 12.4. The van der Waals surface area contributed by atoms with Crippen LogP contribution < -0.4 is 15.4 Å². The average molecular weight is 579 g/mol.